The molecular formula is C14H14BrN3O3. The highest BCUT2D eigenvalue weighted by Gasteiger charge is 2.11. The molecule has 0 fully saturated rings. The summed E-state index contributed by atoms with van der Waals surface area (Å²) in [6.07, 6.45) is 0. The number of carboxylic acid groups (broad SMARTS) is 1. The number of aromatic nitrogens is 2. The Labute approximate surface area is 129 Å². The van der Waals surface area contributed by atoms with Gasteiger partial charge in [0.05, 0.1) is 11.3 Å². The number of hydrogen-bond acceptors (Lipinski definition) is 3. The van der Waals surface area contributed by atoms with E-state index in [1.165, 1.54) is 6.07 Å². The summed E-state index contributed by atoms with van der Waals surface area (Å²) in [5, 5.41) is 15.9. The summed E-state index contributed by atoms with van der Waals surface area (Å²) in [4.78, 5) is 23.0. The Morgan fingerprint density at radius 1 is 1.33 bits per heavy atom. The second-order valence-electron chi connectivity index (χ2n) is 4.63. The Hall–Kier alpha value is -2.15. The molecule has 1 aromatic carbocycles. The van der Waals surface area contributed by atoms with Crippen LogP contribution in [0.5, 0.6) is 0 Å². The minimum Gasteiger partial charge on any atom is -0.478 e. The first kappa shape index (κ1) is 15.2. The van der Waals surface area contributed by atoms with E-state index in [4.69, 9.17) is 5.11 Å². The first-order valence-electron chi connectivity index (χ1n) is 6.20. The molecule has 0 spiro atoms. The number of nitrogens with zero attached hydrogens (tertiary/aromatic N) is 2. The topological polar surface area (TPSA) is 84.2 Å². The summed E-state index contributed by atoms with van der Waals surface area (Å²) in [5.74, 6) is -1.32. The molecule has 2 aromatic rings. The van der Waals surface area contributed by atoms with E-state index in [0.29, 0.717) is 10.2 Å². The van der Waals surface area contributed by atoms with Gasteiger partial charge in [0.1, 0.15) is 6.54 Å². The highest BCUT2D eigenvalue weighted by Crippen LogP contribution is 2.21. The molecule has 6 nitrogen and oxygen atoms in total. The predicted octanol–water partition coefficient (Wildman–Crippen LogP) is 2.60. The van der Waals surface area contributed by atoms with E-state index in [1.54, 1.807) is 16.8 Å². The largest absolute Gasteiger partial charge is 0.478 e. The van der Waals surface area contributed by atoms with Gasteiger partial charge in [-0.05, 0) is 54.0 Å². The molecule has 2 rings (SSSR count). The maximum absolute atomic E-state index is 12.0. The molecule has 0 atom stereocenters. The molecule has 1 amide bonds. The number of hydrogen-bond donors (Lipinski definition) is 2. The van der Waals surface area contributed by atoms with E-state index in [1.807, 2.05) is 19.9 Å². The van der Waals surface area contributed by atoms with Crippen LogP contribution in [0.2, 0.25) is 0 Å². The van der Waals surface area contributed by atoms with Crippen LogP contribution < -0.4 is 5.32 Å². The quantitative estimate of drug-likeness (QED) is 0.886. The van der Waals surface area contributed by atoms with Crippen LogP contribution in [0.1, 0.15) is 21.7 Å². The van der Waals surface area contributed by atoms with Crippen molar-refractivity contribution in [3.8, 4) is 0 Å². The molecule has 110 valence electrons. The van der Waals surface area contributed by atoms with Crippen molar-refractivity contribution in [1.29, 1.82) is 0 Å². The third-order valence-corrected chi connectivity index (χ3v) is 3.57. The minimum absolute atomic E-state index is 0.0815. The average molecular weight is 352 g/mol. The third kappa shape index (κ3) is 3.69. The normalized spacial score (nSPS) is 10.4. The van der Waals surface area contributed by atoms with Crippen LogP contribution in [0.3, 0.4) is 0 Å². The van der Waals surface area contributed by atoms with Crippen molar-refractivity contribution in [2.24, 2.45) is 0 Å². The Balaban J connectivity index is 2.11. The molecule has 0 unspecified atom stereocenters. The Morgan fingerprint density at radius 3 is 2.62 bits per heavy atom. The molecule has 0 aliphatic rings. The number of nitrogens with one attached hydrogen (secondary N) is 1. The third-order valence-electron chi connectivity index (χ3n) is 2.88. The number of halogens is 1. The van der Waals surface area contributed by atoms with E-state index < -0.39 is 5.97 Å². The van der Waals surface area contributed by atoms with Crippen LogP contribution in [0.4, 0.5) is 5.69 Å². The predicted molar refractivity (Wildman–Crippen MR) is 81.4 cm³/mol. The molecule has 0 saturated heterocycles. The van der Waals surface area contributed by atoms with Crippen molar-refractivity contribution < 1.29 is 14.7 Å². The van der Waals surface area contributed by atoms with Crippen LogP contribution in [-0.2, 0) is 11.3 Å². The van der Waals surface area contributed by atoms with E-state index in [9.17, 15) is 9.59 Å². The summed E-state index contributed by atoms with van der Waals surface area (Å²) in [5.41, 5.74) is 2.27. The highest BCUT2D eigenvalue weighted by atomic mass is 79.9. The maximum Gasteiger partial charge on any atom is 0.336 e. The van der Waals surface area contributed by atoms with Gasteiger partial charge in [-0.25, -0.2) is 4.79 Å². The van der Waals surface area contributed by atoms with Gasteiger partial charge >= 0.3 is 5.97 Å². The van der Waals surface area contributed by atoms with E-state index in [0.717, 1.165) is 11.4 Å². The van der Waals surface area contributed by atoms with Gasteiger partial charge in [0, 0.05) is 15.9 Å². The number of anilines is 1. The molecule has 0 aliphatic carbocycles. The van der Waals surface area contributed by atoms with Gasteiger partial charge < -0.3 is 10.4 Å². The minimum atomic E-state index is -1.06. The first-order chi connectivity index (χ1) is 9.86. The number of aryl methyl sites for hydroxylation is 2. The molecule has 1 heterocycles. The van der Waals surface area contributed by atoms with E-state index >= 15 is 0 Å². The number of carbonyl (C=O) groups excluding carboxylic acids is 1. The molecule has 0 bridgehead atoms. The first-order valence-corrected chi connectivity index (χ1v) is 7.00. The van der Waals surface area contributed by atoms with Crippen molar-refractivity contribution in [1.82, 2.24) is 9.78 Å². The number of rotatable bonds is 4. The van der Waals surface area contributed by atoms with Crippen molar-refractivity contribution in [2.75, 3.05) is 5.32 Å². The van der Waals surface area contributed by atoms with Crippen molar-refractivity contribution in [2.45, 2.75) is 20.4 Å². The van der Waals surface area contributed by atoms with E-state index in [-0.39, 0.29) is 18.0 Å². The standard InChI is InChI=1S/C14H14BrN3O3/c1-8-5-9(2)18(17-8)7-13(19)16-10-3-4-12(15)11(6-10)14(20)21/h3-6H,7H2,1-2H3,(H,16,19)(H,20,21). The molecule has 7 heteroatoms. The fourth-order valence-electron chi connectivity index (χ4n) is 1.94. The molecule has 0 aliphatic heterocycles. The Morgan fingerprint density at radius 2 is 2.05 bits per heavy atom. The zero-order valence-corrected chi connectivity index (χ0v) is 13.1. The summed E-state index contributed by atoms with van der Waals surface area (Å²) in [7, 11) is 0. The van der Waals surface area contributed by atoms with Crippen molar-refractivity contribution in [3.05, 3.63) is 45.7 Å². The second kappa shape index (κ2) is 6.09. The van der Waals surface area contributed by atoms with Crippen LogP contribution in [0, 0.1) is 13.8 Å². The summed E-state index contributed by atoms with van der Waals surface area (Å²) in [6.45, 7) is 3.81. The van der Waals surface area contributed by atoms with Gasteiger partial charge in [0.25, 0.3) is 0 Å². The zero-order chi connectivity index (χ0) is 15.6. The van der Waals surface area contributed by atoms with Crippen LogP contribution in [-0.4, -0.2) is 26.8 Å². The lowest BCUT2D eigenvalue weighted by atomic mass is 10.2. The van der Waals surface area contributed by atoms with Crippen molar-refractivity contribution >= 4 is 33.5 Å². The van der Waals surface area contributed by atoms with Gasteiger partial charge in [-0.3, -0.25) is 9.48 Å². The second-order valence-corrected chi connectivity index (χ2v) is 5.49. The lowest BCUT2D eigenvalue weighted by molar-refractivity contribution is -0.116. The number of amides is 1. The molecule has 0 saturated carbocycles. The zero-order valence-electron chi connectivity index (χ0n) is 11.6. The fourth-order valence-corrected chi connectivity index (χ4v) is 2.35. The lowest BCUT2D eigenvalue weighted by Gasteiger charge is -2.08. The maximum atomic E-state index is 12.0. The number of benzene rings is 1. The fraction of sp³-hybridized carbons (Fsp3) is 0.214. The average Bonchev–Trinajstić information content (AvgIpc) is 2.69. The molecular weight excluding hydrogens is 338 g/mol. The van der Waals surface area contributed by atoms with Gasteiger partial charge in [0.2, 0.25) is 5.91 Å². The highest BCUT2D eigenvalue weighted by molar-refractivity contribution is 9.10. The summed E-state index contributed by atoms with van der Waals surface area (Å²) in [6, 6.07) is 6.51. The van der Waals surface area contributed by atoms with E-state index in [2.05, 4.69) is 26.3 Å². The number of carbonyl (C=O) groups is 2. The molecule has 0 radical (unpaired) electrons. The lowest BCUT2D eigenvalue weighted by Crippen LogP contribution is -2.20. The molecule has 21 heavy (non-hydrogen) atoms. The number of aromatic carboxylic acids is 1. The van der Waals surface area contributed by atoms with Gasteiger partial charge in [0.15, 0.2) is 0 Å². The monoisotopic (exact) mass is 351 g/mol. The van der Waals surface area contributed by atoms with Crippen LogP contribution in [0.15, 0.2) is 28.7 Å². The Bertz CT molecular complexity index is 709. The number of carboxylic acids is 1. The molecule has 1 aromatic heterocycles. The van der Waals surface area contributed by atoms with Crippen LogP contribution >= 0.6 is 15.9 Å². The van der Waals surface area contributed by atoms with Gasteiger partial charge in [-0.15, -0.1) is 0 Å². The SMILES string of the molecule is Cc1cc(C)n(CC(=O)Nc2ccc(Br)c(C(=O)O)c2)n1. The van der Waals surface area contributed by atoms with Gasteiger partial charge in [-0.1, -0.05) is 0 Å². The molecule has 2 N–H and O–H groups in total. The summed E-state index contributed by atoms with van der Waals surface area (Å²) < 4.78 is 2.06. The summed E-state index contributed by atoms with van der Waals surface area (Å²) >= 11 is 3.16. The van der Waals surface area contributed by atoms with Crippen LogP contribution in [0.25, 0.3) is 0 Å². The van der Waals surface area contributed by atoms with Crippen molar-refractivity contribution in [3.63, 3.8) is 0 Å². The Kier molecular flexibility index (Phi) is 4.42. The van der Waals surface area contributed by atoms with Gasteiger partial charge in [-0.2, -0.15) is 5.10 Å². The smallest absolute Gasteiger partial charge is 0.336 e.